The molecule has 1 aromatic carbocycles. The highest BCUT2D eigenvalue weighted by Gasteiger charge is 2.12. The highest BCUT2D eigenvalue weighted by atomic mass is 19.1. The van der Waals surface area contributed by atoms with Crippen molar-refractivity contribution in [1.82, 2.24) is 4.98 Å². The van der Waals surface area contributed by atoms with Crippen LogP contribution in [0.4, 0.5) is 10.1 Å². The van der Waals surface area contributed by atoms with Crippen molar-refractivity contribution in [2.24, 2.45) is 5.73 Å². The van der Waals surface area contributed by atoms with Crippen molar-refractivity contribution in [2.75, 3.05) is 11.9 Å². The fourth-order valence-electron chi connectivity index (χ4n) is 2.00. The number of aryl methyl sites for hydroxylation is 1. The number of nitrogens with one attached hydrogen (secondary N) is 1. The predicted molar refractivity (Wildman–Crippen MR) is 82.4 cm³/mol. The van der Waals surface area contributed by atoms with E-state index in [9.17, 15) is 9.18 Å². The van der Waals surface area contributed by atoms with Gasteiger partial charge >= 0.3 is 0 Å². The van der Waals surface area contributed by atoms with Crippen molar-refractivity contribution in [3.8, 4) is 5.88 Å². The minimum Gasteiger partial charge on any atom is -0.478 e. The summed E-state index contributed by atoms with van der Waals surface area (Å²) in [4.78, 5) is 15.7. The van der Waals surface area contributed by atoms with Crippen LogP contribution in [0.15, 0.2) is 30.3 Å². The molecule has 0 spiro atoms. The summed E-state index contributed by atoms with van der Waals surface area (Å²) in [6, 6.07) is 8.13. The van der Waals surface area contributed by atoms with Crippen molar-refractivity contribution in [2.45, 2.75) is 20.4 Å². The Kier molecular flexibility index (Phi) is 4.93. The van der Waals surface area contributed by atoms with Gasteiger partial charge in [0, 0.05) is 11.8 Å². The summed E-state index contributed by atoms with van der Waals surface area (Å²) in [5.41, 5.74) is 7.05. The number of carbonyl (C=O) groups excluding carboxylic acids is 1. The number of halogens is 1. The molecule has 2 rings (SSSR count). The molecule has 22 heavy (non-hydrogen) atoms. The second-order valence-corrected chi connectivity index (χ2v) is 4.76. The first-order valence-corrected chi connectivity index (χ1v) is 6.93. The first kappa shape index (κ1) is 15.8. The Bertz CT molecular complexity index is 689. The lowest BCUT2D eigenvalue weighted by molar-refractivity contribution is 0.100. The van der Waals surface area contributed by atoms with Gasteiger partial charge in [0.1, 0.15) is 5.82 Å². The lowest BCUT2D eigenvalue weighted by Crippen LogP contribution is -2.15. The molecule has 0 aliphatic rings. The highest BCUT2D eigenvalue weighted by molar-refractivity contribution is 5.98. The molecule has 1 amide bonds. The summed E-state index contributed by atoms with van der Waals surface area (Å²) >= 11 is 0. The Morgan fingerprint density at radius 3 is 2.86 bits per heavy atom. The third-order valence-electron chi connectivity index (χ3n) is 3.10. The molecule has 0 unspecified atom stereocenters. The lowest BCUT2D eigenvalue weighted by atomic mass is 10.1. The van der Waals surface area contributed by atoms with Crippen LogP contribution in [0, 0.1) is 12.7 Å². The van der Waals surface area contributed by atoms with Gasteiger partial charge < -0.3 is 15.8 Å². The molecule has 0 radical (unpaired) electrons. The molecule has 2 aromatic rings. The molecule has 3 N–H and O–H groups in total. The Morgan fingerprint density at radius 2 is 2.18 bits per heavy atom. The van der Waals surface area contributed by atoms with Crippen LogP contribution < -0.4 is 15.8 Å². The molecule has 1 heterocycles. The molecule has 0 aliphatic carbocycles. The first-order chi connectivity index (χ1) is 10.5. The van der Waals surface area contributed by atoms with Crippen LogP contribution in [-0.2, 0) is 6.54 Å². The van der Waals surface area contributed by atoms with Gasteiger partial charge in [0.15, 0.2) is 0 Å². The zero-order valence-electron chi connectivity index (χ0n) is 12.5. The monoisotopic (exact) mass is 303 g/mol. The summed E-state index contributed by atoms with van der Waals surface area (Å²) in [7, 11) is 0. The Labute approximate surface area is 128 Å². The summed E-state index contributed by atoms with van der Waals surface area (Å²) in [6.07, 6.45) is 0. The number of rotatable bonds is 6. The first-order valence-electron chi connectivity index (χ1n) is 6.93. The number of anilines is 1. The molecule has 0 atom stereocenters. The number of pyridine rings is 1. The molecular formula is C16H18FN3O2. The van der Waals surface area contributed by atoms with E-state index in [1.807, 2.05) is 19.1 Å². The van der Waals surface area contributed by atoms with Crippen LogP contribution in [0.25, 0.3) is 0 Å². The Hall–Kier alpha value is -2.63. The summed E-state index contributed by atoms with van der Waals surface area (Å²) in [5.74, 6) is -0.611. The number of nitrogens with two attached hydrogens (primary N) is 1. The highest BCUT2D eigenvalue weighted by Crippen LogP contribution is 2.21. The maximum absolute atomic E-state index is 13.6. The van der Waals surface area contributed by atoms with E-state index in [0.717, 1.165) is 11.8 Å². The van der Waals surface area contributed by atoms with E-state index in [1.54, 1.807) is 19.1 Å². The summed E-state index contributed by atoms with van der Waals surface area (Å²) in [6.45, 7) is 4.41. The number of hydrogen-bond acceptors (Lipinski definition) is 4. The Balaban J connectivity index is 2.19. The standard InChI is InChI=1S/C16H18FN3O2/c1-3-22-15-6-4-5-11(20-15)9-19-14-7-10(2)13(17)8-12(14)16(18)21/h4-8,19H,3,9H2,1-2H3,(H2,18,21). The molecule has 0 saturated carbocycles. The van der Waals surface area contributed by atoms with Gasteiger partial charge in [-0.15, -0.1) is 0 Å². The van der Waals surface area contributed by atoms with E-state index >= 15 is 0 Å². The van der Waals surface area contributed by atoms with Gasteiger partial charge in [-0.05, 0) is 37.6 Å². The fourth-order valence-corrected chi connectivity index (χ4v) is 2.00. The van der Waals surface area contributed by atoms with E-state index < -0.39 is 11.7 Å². The second-order valence-electron chi connectivity index (χ2n) is 4.76. The van der Waals surface area contributed by atoms with E-state index in [4.69, 9.17) is 10.5 Å². The van der Waals surface area contributed by atoms with Gasteiger partial charge in [0.2, 0.25) is 5.88 Å². The van der Waals surface area contributed by atoms with Crippen LogP contribution in [0.1, 0.15) is 28.5 Å². The molecule has 0 fully saturated rings. The maximum atomic E-state index is 13.6. The topological polar surface area (TPSA) is 77.2 Å². The van der Waals surface area contributed by atoms with Gasteiger partial charge in [-0.3, -0.25) is 4.79 Å². The van der Waals surface area contributed by atoms with Crippen molar-refractivity contribution < 1.29 is 13.9 Å². The normalized spacial score (nSPS) is 10.3. The SMILES string of the molecule is CCOc1cccc(CNc2cc(C)c(F)cc2C(N)=O)n1. The number of amides is 1. The van der Waals surface area contributed by atoms with Gasteiger partial charge in [-0.2, -0.15) is 0 Å². The quantitative estimate of drug-likeness (QED) is 0.860. The van der Waals surface area contributed by atoms with E-state index in [2.05, 4.69) is 10.3 Å². The number of hydrogen-bond donors (Lipinski definition) is 2. The number of benzene rings is 1. The number of carbonyl (C=O) groups is 1. The zero-order valence-corrected chi connectivity index (χ0v) is 12.5. The Morgan fingerprint density at radius 1 is 1.41 bits per heavy atom. The average Bonchev–Trinajstić information content (AvgIpc) is 2.48. The molecule has 0 aliphatic heterocycles. The minimum absolute atomic E-state index is 0.115. The third kappa shape index (κ3) is 3.72. The van der Waals surface area contributed by atoms with Crippen molar-refractivity contribution >= 4 is 11.6 Å². The molecule has 1 aromatic heterocycles. The number of nitrogens with zero attached hydrogens (tertiary/aromatic N) is 1. The minimum atomic E-state index is -0.683. The van der Waals surface area contributed by atoms with Crippen LogP contribution in [0.5, 0.6) is 5.88 Å². The van der Waals surface area contributed by atoms with Gasteiger partial charge in [0.05, 0.1) is 24.4 Å². The molecule has 116 valence electrons. The van der Waals surface area contributed by atoms with Crippen molar-refractivity contribution in [1.29, 1.82) is 0 Å². The molecule has 6 heteroatoms. The summed E-state index contributed by atoms with van der Waals surface area (Å²) in [5, 5.41) is 3.06. The molecular weight excluding hydrogens is 285 g/mol. The van der Waals surface area contributed by atoms with Gasteiger partial charge in [-0.1, -0.05) is 6.07 Å². The second kappa shape index (κ2) is 6.89. The van der Waals surface area contributed by atoms with E-state index in [0.29, 0.717) is 30.3 Å². The van der Waals surface area contributed by atoms with Crippen molar-refractivity contribution in [3.05, 3.63) is 53.0 Å². The molecule has 0 bridgehead atoms. The number of aromatic nitrogens is 1. The predicted octanol–water partition coefficient (Wildman–Crippen LogP) is 2.64. The summed E-state index contributed by atoms with van der Waals surface area (Å²) < 4.78 is 18.9. The molecule has 0 saturated heterocycles. The maximum Gasteiger partial charge on any atom is 0.250 e. The lowest BCUT2D eigenvalue weighted by Gasteiger charge is -2.12. The largest absolute Gasteiger partial charge is 0.478 e. The van der Waals surface area contributed by atoms with Gasteiger partial charge in [-0.25, -0.2) is 9.37 Å². The van der Waals surface area contributed by atoms with Gasteiger partial charge in [0.25, 0.3) is 5.91 Å². The number of ether oxygens (including phenoxy) is 1. The zero-order chi connectivity index (χ0) is 16.1. The van der Waals surface area contributed by atoms with Crippen LogP contribution in [0.3, 0.4) is 0 Å². The average molecular weight is 303 g/mol. The van der Waals surface area contributed by atoms with Crippen LogP contribution >= 0.6 is 0 Å². The number of primary amides is 1. The van der Waals surface area contributed by atoms with E-state index in [-0.39, 0.29) is 5.56 Å². The van der Waals surface area contributed by atoms with Crippen LogP contribution in [0.2, 0.25) is 0 Å². The smallest absolute Gasteiger partial charge is 0.250 e. The third-order valence-corrected chi connectivity index (χ3v) is 3.10. The van der Waals surface area contributed by atoms with E-state index in [1.165, 1.54) is 0 Å². The molecule has 5 nitrogen and oxygen atoms in total. The van der Waals surface area contributed by atoms with Crippen LogP contribution in [-0.4, -0.2) is 17.5 Å². The van der Waals surface area contributed by atoms with Crippen molar-refractivity contribution in [3.63, 3.8) is 0 Å². The fraction of sp³-hybridized carbons (Fsp3) is 0.250.